The van der Waals surface area contributed by atoms with Gasteiger partial charge < -0.3 is 33.8 Å². The molecule has 0 radical (unpaired) electrons. The summed E-state index contributed by atoms with van der Waals surface area (Å²) < 4.78 is 68.3. The van der Waals surface area contributed by atoms with Crippen LogP contribution in [0.5, 0.6) is 0 Å². The molecule has 0 aromatic rings. The second-order valence-electron chi connectivity index (χ2n) is 27.6. The lowest BCUT2D eigenvalue weighted by Crippen LogP contribution is -2.30. The maximum absolute atomic E-state index is 13.0. The lowest BCUT2D eigenvalue weighted by atomic mass is 10.00. The van der Waals surface area contributed by atoms with E-state index in [1.807, 2.05) is 0 Å². The fourth-order valence-electron chi connectivity index (χ4n) is 10.8. The summed E-state index contributed by atoms with van der Waals surface area (Å²) >= 11 is 0. The fraction of sp³-hybridized carbons (Fsp3) is 0.944. The summed E-state index contributed by atoms with van der Waals surface area (Å²) in [7, 11) is -9.90. The Kier molecular flexibility index (Phi) is 60.3. The molecule has 0 aliphatic rings. The van der Waals surface area contributed by atoms with E-state index in [9.17, 15) is 43.2 Å². The van der Waals surface area contributed by atoms with E-state index in [1.165, 1.54) is 148 Å². The molecule has 0 amide bonds. The number of unbranched alkanes of at least 4 members (excludes halogenated alkanes) is 34. The van der Waals surface area contributed by atoms with E-state index in [1.54, 1.807) is 0 Å². The minimum atomic E-state index is -4.95. The Balaban J connectivity index is 5.21. The molecule has 540 valence electrons. The molecule has 0 aliphatic carbocycles. The first kappa shape index (κ1) is 89.1. The van der Waals surface area contributed by atoms with E-state index in [-0.39, 0.29) is 25.7 Å². The number of rotatable bonds is 69. The monoisotopic (exact) mass is 1340 g/mol. The van der Waals surface area contributed by atoms with E-state index in [4.69, 9.17) is 37.0 Å². The third kappa shape index (κ3) is 65.1. The third-order valence-corrected chi connectivity index (χ3v) is 18.8. The topological polar surface area (TPSA) is 237 Å². The van der Waals surface area contributed by atoms with Crippen molar-refractivity contribution in [1.82, 2.24) is 0 Å². The van der Waals surface area contributed by atoms with Crippen LogP contribution in [0.4, 0.5) is 0 Å². The molecule has 0 spiro atoms. The van der Waals surface area contributed by atoms with Crippen molar-refractivity contribution in [2.45, 2.75) is 375 Å². The number of ether oxygens (including phenoxy) is 4. The number of phosphoric acid groups is 2. The lowest BCUT2D eigenvalue weighted by Gasteiger charge is -2.21. The van der Waals surface area contributed by atoms with Crippen LogP contribution in [0.25, 0.3) is 0 Å². The maximum atomic E-state index is 13.0. The number of hydrogen-bond donors (Lipinski definition) is 3. The van der Waals surface area contributed by atoms with Gasteiger partial charge in [-0.3, -0.25) is 37.3 Å². The molecule has 3 unspecified atom stereocenters. The number of carbonyl (C=O) groups excluding carboxylic acids is 4. The molecule has 3 N–H and O–H groups in total. The van der Waals surface area contributed by atoms with Crippen LogP contribution < -0.4 is 0 Å². The zero-order valence-corrected chi connectivity index (χ0v) is 61.3. The van der Waals surface area contributed by atoms with Gasteiger partial charge in [0.1, 0.15) is 19.3 Å². The van der Waals surface area contributed by atoms with Crippen molar-refractivity contribution in [2.75, 3.05) is 39.6 Å². The molecular formula is C72H140O17P2. The van der Waals surface area contributed by atoms with Crippen molar-refractivity contribution in [3.05, 3.63) is 0 Å². The second kappa shape index (κ2) is 61.6. The zero-order chi connectivity index (χ0) is 67.5. The quantitative estimate of drug-likeness (QED) is 0.0222. The van der Waals surface area contributed by atoms with Crippen LogP contribution in [0.2, 0.25) is 0 Å². The van der Waals surface area contributed by atoms with Gasteiger partial charge in [-0.05, 0) is 49.4 Å². The second-order valence-corrected chi connectivity index (χ2v) is 30.6. The number of aliphatic hydroxyl groups excluding tert-OH is 1. The van der Waals surface area contributed by atoms with Crippen molar-refractivity contribution in [3.63, 3.8) is 0 Å². The van der Waals surface area contributed by atoms with Gasteiger partial charge >= 0.3 is 39.5 Å². The Bertz CT molecular complexity index is 1800. The predicted molar refractivity (Wildman–Crippen MR) is 367 cm³/mol. The first-order chi connectivity index (χ1) is 43.6. The molecule has 0 aromatic carbocycles. The molecule has 0 bridgehead atoms. The summed E-state index contributed by atoms with van der Waals surface area (Å²) in [5.41, 5.74) is 0. The van der Waals surface area contributed by atoms with Gasteiger partial charge in [0.2, 0.25) is 0 Å². The highest BCUT2D eigenvalue weighted by Gasteiger charge is 2.30. The van der Waals surface area contributed by atoms with Gasteiger partial charge in [-0.25, -0.2) is 9.13 Å². The minimum Gasteiger partial charge on any atom is -0.462 e. The highest BCUT2D eigenvalue weighted by atomic mass is 31.2. The Morgan fingerprint density at radius 2 is 0.527 bits per heavy atom. The molecule has 6 atom stereocenters. The van der Waals surface area contributed by atoms with Crippen molar-refractivity contribution >= 4 is 39.5 Å². The molecule has 0 rings (SSSR count). The van der Waals surface area contributed by atoms with Gasteiger partial charge in [-0.15, -0.1) is 0 Å². The molecule has 91 heavy (non-hydrogen) atoms. The number of hydrogen-bond acceptors (Lipinski definition) is 15. The summed E-state index contributed by atoms with van der Waals surface area (Å²) in [4.78, 5) is 72.6. The van der Waals surface area contributed by atoms with Crippen molar-refractivity contribution in [3.8, 4) is 0 Å². The number of phosphoric ester groups is 2. The SMILES string of the molecule is CCC(C)CCCCCCCCC(=O)OC[C@H](COP(=O)(O)OC[C@H](O)COP(=O)(O)OC[C@@H](COC(=O)CCCCCCCCC(C)C)OC(=O)CCCCCCCCCCCCCC(C)C)OC(=O)CCCCCCCCCCCCCCCCCC(C)C. The van der Waals surface area contributed by atoms with Gasteiger partial charge in [-0.2, -0.15) is 0 Å². The fourth-order valence-corrected chi connectivity index (χ4v) is 12.4. The minimum absolute atomic E-state index is 0.105. The number of aliphatic hydroxyl groups is 1. The Hall–Kier alpha value is -1.94. The van der Waals surface area contributed by atoms with E-state index < -0.39 is 97.5 Å². The van der Waals surface area contributed by atoms with Gasteiger partial charge in [0.25, 0.3) is 0 Å². The summed E-state index contributed by atoms with van der Waals surface area (Å²) in [5.74, 6) is 0.849. The average molecular weight is 1340 g/mol. The van der Waals surface area contributed by atoms with Crippen LogP contribution in [-0.2, 0) is 65.4 Å². The summed E-state index contributed by atoms with van der Waals surface area (Å²) in [6, 6.07) is 0. The summed E-state index contributed by atoms with van der Waals surface area (Å²) in [5, 5.41) is 10.6. The standard InChI is InChI=1S/C72H140O17P2/c1-9-65(8)51-43-35-29-31-37-45-53-70(75)83-59-68(89-71(76)54-46-38-26-22-18-14-12-10-11-13-16-20-24-32-40-48-62(2)3)61-87-91(80,81)85-57-66(73)56-84-90(78,79)86-60-67(58-82-69(74)52-44-36-30-28-34-42-50-64(6)7)88-72(77)55-47-39-27-23-19-15-17-21-25-33-41-49-63(4)5/h62-68,73H,9-61H2,1-8H3,(H,78,79)(H,80,81)/t65?,66-,67-,68-/m1/s1. The van der Waals surface area contributed by atoms with Crippen LogP contribution in [0.1, 0.15) is 357 Å². The first-order valence-electron chi connectivity index (χ1n) is 37.2. The summed E-state index contributed by atoms with van der Waals surface area (Å²) in [6.07, 6.45) is 44.6. The van der Waals surface area contributed by atoms with Gasteiger partial charge in [-0.1, -0.05) is 306 Å². The van der Waals surface area contributed by atoms with Gasteiger partial charge in [0.15, 0.2) is 12.2 Å². The number of carbonyl (C=O) groups is 4. The van der Waals surface area contributed by atoms with Crippen molar-refractivity contribution in [2.24, 2.45) is 23.7 Å². The molecule has 0 aromatic heterocycles. The normalized spacial score (nSPS) is 14.5. The highest BCUT2D eigenvalue weighted by molar-refractivity contribution is 7.47. The Morgan fingerprint density at radius 3 is 0.780 bits per heavy atom. The van der Waals surface area contributed by atoms with E-state index in [0.717, 1.165) is 120 Å². The molecular weight excluding hydrogens is 1200 g/mol. The largest absolute Gasteiger partial charge is 0.472 e. The van der Waals surface area contributed by atoms with Gasteiger partial charge in [0.05, 0.1) is 26.4 Å². The van der Waals surface area contributed by atoms with Crippen LogP contribution in [0, 0.1) is 23.7 Å². The smallest absolute Gasteiger partial charge is 0.462 e. The van der Waals surface area contributed by atoms with Gasteiger partial charge in [0, 0.05) is 25.7 Å². The van der Waals surface area contributed by atoms with Crippen LogP contribution in [0.3, 0.4) is 0 Å². The van der Waals surface area contributed by atoms with E-state index >= 15 is 0 Å². The summed E-state index contributed by atoms with van der Waals surface area (Å²) in [6.45, 7) is 14.1. The van der Waals surface area contributed by atoms with Crippen molar-refractivity contribution in [1.29, 1.82) is 0 Å². The Morgan fingerprint density at radius 1 is 0.308 bits per heavy atom. The lowest BCUT2D eigenvalue weighted by molar-refractivity contribution is -0.161. The molecule has 19 heteroatoms. The van der Waals surface area contributed by atoms with Crippen LogP contribution in [-0.4, -0.2) is 96.7 Å². The zero-order valence-electron chi connectivity index (χ0n) is 59.5. The number of esters is 4. The molecule has 0 saturated heterocycles. The molecule has 0 heterocycles. The van der Waals surface area contributed by atoms with Crippen molar-refractivity contribution < 1.29 is 80.2 Å². The first-order valence-corrected chi connectivity index (χ1v) is 40.2. The Labute approximate surface area is 556 Å². The molecule has 0 fully saturated rings. The predicted octanol–water partition coefficient (Wildman–Crippen LogP) is 20.5. The van der Waals surface area contributed by atoms with Crippen LogP contribution >= 0.6 is 15.6 Å². The third-order valence-electron chi connectivity index (χ3n) is 16.9. The molecule has 17 nitrogen and oxygen atoms in total. The van der Waals surface area contributed by atoms with E-state index in [0.29, 0.717) is 31.6 Å². The maximum Gasteiger partial charge on any atom is 0.472 e. The van der Waals surface area contributed by atoms with E-state index in [2.05, 4.69) is 55.4 Å². The van der Waals surface area contributed by atoms with Crippen LogP contribution in [0.15, 0.2) is 0 Å². The molecule has 0 aliphatic heterocycles. The highest BCUT2D eigenvalue weighted by Crippen LogP contribution is 2.45. The molecule has 0 saturated carbocycles. The average Bonchev–Trinajstić information content (AvgIpc) is 3.07.